The van der Waals surface area contributed by atoms with Crippen molar-refractivity contribution in [2.75, 3.05) is 13.7 Å². The normalized spacial score (nSPS) is 17.1. The van der Waals surface area contributed by atoms with Gasteiger partial charge >= 0.3 is 0 Å². The number of hydrogen-bond acceptors (Lipinski definition) is 3. The number of ether oxygens (including phenoxy) is 1. The number of amides is 1. The monoisotopic (exact) mass is 324 g/mol. The molecule has 2 aromatic carbocycles. The van der Waals surface area contributed by atoms with Gasteiger partial charge in [-0.15, -0.1) is 0 Å². The van der Waals surface area contributed by atoms with Crippen LogP contribution in [-0.2, 0) is 13.0 Å². The van der Waals surface area contributed by atoms with Gasteiger partial charge in [0.25, 0.3) is 5.91 Å². The molecule has 0 saturated carbocycles. The number of carbonyl (C=O) groups is 1. The fourth-order valence-corrected chi connectivity index (χ4v) is 3.39. The highest BCUT2D eigenvalue weighted by Gasteiger charge is 2.30. The van der Waals surface area contributed by atoms with Gasteiger partial charge in [0.15, 0.2) is 0 Å². The lowest BCUT2D eigenvalue weighted by Gasteiger charge is -2.25. The maximum atomic E-state index is 12.9. The zero-order chi connectivity index (χ0) is 16.9. The molecule has 126 valence electrons. The molecule has 0 spiro atoms. The van der Waals surface area contributed by atoms with Crippen molar-refractivity contribution in [1.29, 1.82) is 0 Å². The number of carbonyl (C=O) groups excluding carboxylic acids is 1. The molecule has 2 aromatic rings. The molecule has 0 aromatic heterocycles. The van der Waals surface area contributed by atoms with Crippen molar-refractivity contribution in [3.05, 3.63) is 65.2 Å². The summed E-state index contributed by atoms with van der Waals surface area (Å²) in [6.07, 6.45) is 2.91. The Morgan fingerprint density at radius 2 is 1.96 bits per heavy atom. The molecule has 1 amide bonds. The topological polar surface area (TPSA) is 55.6 Å². The van der Waals surface area contributed by atoms with Crippen molar-refractivity contribution in [3.63, 3.8) is 0 Å². The highest BCUT2D eigenvalue weighted by molar-refractivity contribution is 5.94. The third-order valence-electron chi connectivity index (χ3n) is 4.72. The summed E-state index contributed by atoms with van der Waals surface area (Å²) in [6, 6.07) is 15.9. The molecular weight excluding hydrogens is 300 g/mol. The fraction of sp³-hybridized carbons (Fsp3) is 0.350. The van der Waals surface area contributed by atoms with Crippen LogP contribution in [0.25, 0.3) is 0 Å². The standard InChI is InChI=1S/C20H24N2O2/c1-24-19-7-3-2-5-17(19)13-18-6-4-12-22(18)20(23)16-10-8-15(14-21)9-11-16/h2-3,5,7-11,18H,4,6,12-14,21H2,1H3/t18-/m1/s1. The molecule has 1 heterocycles. The van der Waals surface area contributed by atoms with Gasteiger partial charge < -0.3 is 15.4 Å². The molecule has 0 unspecified atom stereocenters. The van der Waals surface area contributed by atoms with Gasteiger partial charge in [0.2, 0.25) is 0 Å². The van der Waals surface area contributed by atoms with Crippen LogP contribution in [0.4, 0.5) is 0 Å². The molecule has 1 fully saturated rings. The highest BCUT2D eigenvalue weighted by atomic mass is 16.5. The number of rotatable bonds is 5. The van der Waals surface area contributed by atoms with Crippen molar-refractivity contribution >= 4 is 5.91 Å². The third-order valence-corrected chi connectivity index (χ3v) is 4.72. The van der Waals surface area contributed by atoms with E-state index in [1.54, 1.807) is 7.11 Å². The second kappa shape index (κ2) is 7.49. The minimum absolute atomic E-state index is 0.107. The van der Waals surface area contributed by atoms with Crippen molar-refractivity contribution in [1.82, 2.24) is 4.90 Å². The zero-order valence-electron chi connectivity index (χ0n) is 14.1. The Kier molecular flexibility index (Phi) is 5.16. The molecule has 0 radical (unpaired) electrons. The molecule has 3 rings (SSSR count). The zero-order valence-corrected chi connectivity index (χ0v) is 14.1. The van der Waals surface area contributed by atoms with Crippen molar-refractivity contribution in [2.45, 2.75) is 31.8 Å². The Bertz CT molecular complexity index is 697. The summed E-state index contributed by atoms with van der Waals surface area (Å²) in [5, 5.41) is 0. The molecule has 24 heavy (non-hydrogen) atoms. The van der Waals surface area contributed by atoms with E-state index >= 15 is 0 Å². The van der Waals surface area contributed by atoms with E-state index in [0.29, 0.717) is 6.54 Å². The molecule has 4 nitrogen and oxygen atoms in total. The van der Waals surface area contributed by atoms with Crippen LogP contribution in [0.15, 0.2) is 48.5 Å². The van der Waals surface area contributed by atoms with E-state index in [2.05, 4.69) is 6.07 Å². The Labute approximate surface area is 143 Å². The minimum atomic E-state index is 0.107. The Hall–Kier alpha value is -2.33. The van der Waals surface area contributed by atoms with Gasteiger partial charge in [0, 0.05) is 24.7 Å². The first kappa shape index (κ1) is 16.5. The Morgan fingerprint density at radius 3 is 2.67 bits per heavy atom. The lowest BCUT2D eigenvalue weighted by Crippen LogP contribution is -2.36. The molecule has 0 bridgehead atoms. The summed E-state index contributed by atoms with van der Waals surface area (Å²) in [5.41, 5.74) is 8.56. The van der Waals surface area contributed by atoms with Crippen molar-refractivity contribution in [2.24, 2.45) is 5.73 Å². The minimum Gasteiger partial charge on any atom is -0.496 e. The van der Waals surface area contributed by atoms with Gasteiger partial charge in [0.1, 0.15) is 5.75 Å². The van der Waals surface area contributed by atoms with Crippen LogP contribution < -0.4 is 10.5 Å². The van der Waals surface area contributed by atoms with Gasteiger partial charge in [-0.1, -0.05) is 30.3 Å². The number of nitrogens with zero attached hydrogens (tertiary/aromatic N) is 1. The van der Waals surface area contributed by atoms with Crippen LogP contribution in [0, 0.1) is 0 Å². The largest absolute Gasteiger partial charge is 0.496 e. The number of hydrogen-bond donors (Lipinski definition) is 1. The van der Waals surface area contributed by atoms with E-state index < -0.39 is 0 Å². The van der Waals surface area contributed by atoms with E-state index in [1.807, 2.05) is 47.4 Å². The summed E-state index contributed by atoms with van der Waals surface area (Å²) in [6.45, 7) is 1.31. The lowest BCUT2D eigenvalue weighted by molar-refractivity contribution is 0.0736. The summed E-state index contributed by atoms with van der Waals surface area (Å²) in [4.78, 5) is 14.9. The first-order chi connectivity index (χ1) is 11.7. The van der Waals surface area contributed by atoms with Crippen LogP contribution in [0.5, 0.6) is 5.75 Å². The van der Waals surface area contributed by atoms with E-state index in [9.17, 15) is 4.79 Å². The van der Waals surface area contributed by atoms with E-state index in [1.165, 1.54) is 0 Å². The van der Waals surface area contributed by atoms with Crippen LogP contribution in [0.3, 0.4) is 0 Å². The van der Waals surface area contributed by atoms with Crippen LogP contribution in [0.1, 0.15) is 34.3 Å². The van der Waals surface area contributed by atoms with Crippen LogP contribution >= 0.6 is 0 Å². The molecule has 1 aliphatic rings. The van der Waals surface area contributed by atoms with Crippen LogP contribution in [-0.4, -0.2) is 30.5 Å². The number of benzene rings is 2. The molecule has 2 N–H and O–H groups in total. The summed E-state index contributed by atoms with van der Waals surface area (Å²) < 4.78 is 5.45. The smallest absolute Gasteiger partial charge is 0.254 e. The van der Waals surface area contributed by atoms with Crippen molar-refractivity contribution in [3.8, 4) is 5.75 Å². The summed E-state index contributed by atoms with van der Waals surface area (Å²) in [5.74, 6) is 1.00. The first-order valence-electron chi connectivity index (χ1n) is 8.45. The van der Waals surface area contributed by atoms with E-state index in [4.69, 9.17) is 10.5 Å². The molecule has 0 aliphatic carbocycles. The molecule has 4 heteroatoms. The Balaban J connectivity index is 1.75. The summed E-state index contributed by atoms with van der Waals surface area (Å²) in [7, 11) is 1.69. The predicted octanol–water partition coefficient (Wildman–Crippen LogP) is 3.00. The average Bonchev–Trinajstić information content (AvgIpc) is 3.10. The lowest BCUT2D eigenvalue weighted by atomic mass is 10.0. The predicted molar refractivity (Wildman–Crippen MR) is 95.1 cm³/mol. The molecule has 1 atom stereocenters. The third kappa shape index (κ3) is 3.44. The van der Waals surface area contributed by atoms with Gasteiger partial charge in [-0.25, -0.2) is 0 Å². The molecule has 1 aliphatic heterocycles. The maximum Gasteiger partial charge on any atom is 0.254 e. The van der Waals surface area contributed by atoms with E-state index in [-0.39, 0.29) is 11.9 Å². The number of methoxy groups -OCH3 is 1. The highest BCUT2D eigenvalue weighted by Crippen LogP contribution is 2.27. The second-order valence-electron chi connectivity index (χ2n) is 6.21. The van der Waals surface area contributed by atoms with Gasteiger partial charge in [-0.05, 0) is 48.6 Å². The number of likely N-dealkylation sites (tertiary alicyclic amines) is 1. The fourth-order valence-electron chi connectivity index (χ4n) is 3.39. The van der Waals surface area contributed by atoms with E-state index in [0.717, 1.165) is 48.2 Å². The first-order valence-corrected chi connectivity index (χ1v) is 8.45. The maximum absolute atomic E-state index is 12.9. The Morgan fingerprint density at radius 1 is 1.21 bits per heavy atom. The second-order valence-corrected chi connectivity index (χ2v) is 6.21. The number of para-hydroxylation sites is 1. The SMILES string of the molecule is COc1ccccc1C[C@H]1CCCN1C(=O)c1ccc(CN)cc1. The van der Waals surface area contributed by atoms with Gasteiger partial charge in [0.05, 0.1) is 7.11 Å². The molecule has 1 saturated heterocycles. The molecular formula is C20H24N2O2. The van der Waals surface area contributed by atoms with Gasteiger partial charge in [-0.3, -0.25) is 4.79 Å². The van der Waals surface area contributed by atoms with Crippen molar-refractivity contribution < 1.29 is 9.53 Å². The number of nitrogens with two attached hydrogens (primary N) is 1. The van der Waals surface area contributed by atoms with Crippen LogP contribution in [0.2, 0.25) is 0 Å². The summed E-state index contributed by atoms with van der Waals surface area (Å²) >= 11 is 0. The average molecular weight is 324 g/mol. The van der Waals surface area contributed by atoms with Gasteiger partial charge in [-0.2, -0.15) is 0 Å². The quantitative estimate of drug-likeness (QED) is 0.920.